The van der Waals surface area contributed by atoms with Crippen LogP contribution < -0.4 is 4.90 Å². The normalized spacial score (nSPS) is 18.0. The van der Waals surface area contributed by atoms with E-state index in [0.717, 1.165) is 39.0 Å². The van der Waals surface area contributed by atoms with Gasteiger partial charge in [0.2, 0.25) is 0 Å². The molecule has 1 heterocycles. The molecule has 10 rings (SSSR count). The summed E-state index contributed by atoms with van der Waals surface area (Å²) in [6.07, 6.45) is 10.5. The Kier molecular flexibility index (Phi) is 6.26. The molecule has 1 atom stereocenters. The third-order valence-electron chi connectivity index (χ3n) is 11.4. The Labute approximate surface area is 298 Å². The largest absolute Gasteiger partial charge is 0.454 e. The maximum absolute atomic E-state index is 6.69. The number of furan rings is 1. The lowest BCUT2D eigenvalue weighted by atomic mass is 9.72. The Morgan fingerprint density at radius 1 is 0.686 bits per heavy atom. The van der Waals surface area contributed by atoms with Crippen molar-refractivity contribution in [3.63, 3.8) is 0 Å². The summed E-state index contributed by atoms with van der Waals surface area (Å²) in [5.41, 5.74) is 17.4. The minimum absolute atomic E-state index is 0.427. The van der Waals surface area contributed by atoms with E-state index >= 15 is 0 Å². The lowest BCUT2D eigenvalue weighted by Crippen LogP contribution is -2.24. The molecular formula is C49H35NO. The molecule has 7 aromatic rings. The molecule has 2 heteroatoms. The van der Waals surface area contributed by atoms with Crippen molar-refractivity contribution in [3.05, 3.63) is 204 Å². The van der Waals surface area contributed by atoms with Gasteiger partial charge in [-0.15, -0.1) is 0 Å². The van der Waals surface area contributed by atoms with Crippen LogP contribution in [-0.2, 0) is 5.41 Å². The average Bonchev–Trinajstić information content (AvgIpc) is 3.86. The maximum Gasteiger partial charge on any atom is 0.159 e. The van der Waals surface area contributed by atoms with Crippen molar-refractivity contribution in [1.29, 1.82) is 0 Å². The van der Waals surface area contributed by atoms with E-state index in [0.29, 0.717) is 0 Å². The standard InChI is InChI=1S/C49H35NO/c1-5-8-17-37-30(4)49-43-29-34(26-27-38(43)35(6-2)46(49)36(7-3)40-19-13-20-41(37)47(40)49)50(33-25-24-31-15-9-10-16-32(31)28-33)44-22-14-21-42-39-18-11-12-23-45(39)51-48(42)44/h5-29H,1,3H2,2,4H3/b17-8-,35-6-. The zero-order chi connectivity index (χ0) is 34.4. The fourth-order valence-corrected chi connectivity index (χ4v) is 9.36. The van der Waals surface area contributed by atoms with Gasteiger partial charge in [0, 0.05) is 22.1 Å². The lowest BCUT2D eigenvalue weighted by molar-refractivity contribution is 0.669. The molecule has 0 N–H and O–H groups in total. The van der Waals surface area contributed by atoms with Crippen LogP contribution in [0, 0.1) is 0 Å². The van der Waals surface area contributed by atoms with E-state index in [1.54, 1.807) is 0 Å². The van der Waals surface area contributed by atoms with Gasteiger partial charge in [0.05, 0.1) is 11.1 Å². The molecule has 3 aliphatic rings. The SMILES string of the molecule is C=C/C=C\C1=C(C)C23C(=C(C=C)c4cccc1c42)/C(=C\C)c1ccc(N(c2ccc4ccccc4c2)c2cccc4c2oc2ccccc24)cc13. The molecular weight excluding hydrogens is 619 g/mol. The van der Waals surface area contributed by atoms with Gasteiger partial charge in [-0.1, -0.05) is 128 Å². The van der Waals surface area contributed by atoms with Crippen LogP contribution in [-0.4, -0.2) is 0 Å². The van der Waals surface area contributed by atoms with E-state index in [2.05, 4.69) is 171 Å². The van der Waals surface area contributed by atoms with E-state index in [4.69, 9.17) is 4.42 Å². The lowest BCUT2D eigenvalue weighted by Gasteiger charge is -2.31. The second-order valence-electron chi connectivity index (χ2n) is 13.7. The Hall–Kier alpha value is -6.38. The van der Waals surface area contributed by atoms with E-state index in [9.17, 15) is 0 Å². The van der Waals surface area contributed by atoms with Crippen molar-refractivity contribution < 1.29 is 4.42 Å². The van der Waals surface area contributed by atoms with E-state index < -0.39 is 5.41 Å². The average molecular weight is 654 g/mol. The minimum atomic E-state index is -0.427. The van der Waals surface area contributed by atoms with Gasteiger partial charge < -0.3 is 9.32 Å². The van der Waals surface area contributed by atoms with Crippen LogP contribution >= 0.6 is 0 Å². The van der Waals surface area contributed by atoms with Crippen LogP contribution in [0.25, 0.3) is 49.4 Å². The highest BCUT2D eigenvalue weighted by molar-refractivity contribution is 6.13. The zero-order valence-electron chi connectivity index (χ0n) is 28.7. The quantitative estimate of drug-likeness (QED) is 0.166. The predicted octanol–water partition coefficient (Wildman–Crippen LogP) is 13.4. The van der Waals surface area contributed by atoms with Gasteiger partial charge in [-0.3, -0.25) is 0 Å². The van der Waals surface area contributed by atoms with Crippen molar-refractivity contribution >= 4 is 66.5 Å². The smallest absolute Gasteiger partial charge is 0.159 e. The number of rotatable bonds is 6. The molecule has 1 aromatic heterocycles. The maximum atomic E-state index is 6.69. The Morgan fingerprint density at radius 2 is 1.41 bits per heavy atom. The first kappa shape index (κ1) is 29.5. The molecule has 1 unspecified atom stereocenters. The molecule has 0 amide bonds. The molecule has 0 saturated carbocycles. The molecule has 0 bridgehead atoms. The molecule has 1 spiro atoms. The number of hydrogen-bond acceptors (Lipinski definition) is 2. The summed E-state index contributed by atoms with van der Waals surface area (Å²) in [7, 11) is 0. The Balaban J connectivity index is 1.29. The van der Waals surface area contributed by atoms with Gasteiger partial charge in [0.1, 0.15) is 5.58 Å². The van der Waals surface area contributed by atoms with Crippen molar-refractivity contribution in [2.45, 2.75) is 19.3 Å². The fraction of sp³-hybridized carbons (Fsp3) is 0.0612. The van der Waals surface area contributed by atoms with E-state index in [-0.39, 0.29) is 0 Å². The topological polar surface area (TPSA) is 16.4 Å². The predicted molar refractivity (Wildman–Crippen MR) is 216 cm³/mol. The molecule has 0 aliphatic heterocycles. The summed E-state index contributed by atoms with van der Waals surface area (Å²) in [6, 6.07) is 43.9. The summed E-state index contributed by atoms with van der Waals surface area (Å²) in [4.78, 5) is 2.38. The van der Waals surface area contributed by atoms with Gasteiger partial charge in [-0.25, -0.2) is 0 Å². The number of hydrogen-bond donors (Lipinski definition) is 0. The van der Waals surface area contributed by atoms with Crippen LogP contribution in [0.1, 0.15) is 41.7 Å². The summed E-state index contributed by atoms with van der Waals surface area (Å²) in [5, 5.41) is 4.62. The second-order valence-corrected chi connectivity index (χ2v) is 13.7. The molecule has 51 heavy (non-hydrogen) atoms. The molecule has 3 aliphatic carbocycles. The van der Waals surface area contributed by atoms with Crippen molar-refractivity contribution in [3.8, 4) is 0 Å². The van der Waals surface area contributed by atoms with Gasteiger partial charge >= 0.3 is 0 Å². The van der Waals surface area contributed by atoms with Gasteiger partial charge in [0.15, 0.2) is 5.58 Å². The molecule has 2 nitrogen and oxygen atoms in total. The number of allylic oxidation sites excluding steroid dienone is 10. The number of para-hydroxylation sites is 2. The van der Waals surface area contributed by atoms with E-state index in [1.807, 2.05) is 12.1 Å². The van der Waals surface area contributed by atoms with Crippen LogP contribution in [0.3, 0.4) is 0 Å². The molecule has 6 aromatic carbocycles. The number of anilines is 3. The summed E-state index contributed by atoms with van der Waals surface area (Å²) < 4.78 is 6.69. The van der Waals surface area contributed by atoms with Crippen molar-refractivity contribution in [1.82, 2.24) is 0 Å². The highest BCUT2D eigenvalue weighted by atomic mass is 16.3. The Morgan fingerprint density at radius 3 is 2.24 bits per heavy atom. The monoisotopic (exact) mass is 653 g/mol. The first-order valence-corrected chi connectivity index (χ1v) is 17.6. The Bertz CT molecular complexity index is 2820. The van der Waals surface area contributed by atoms with Crippen LogP contribution in [0.4, 0.5) is 17.1 Å². The molecule has 0 radical (unpaired) electrons. The van der Waals surface area contributed by atoms with Gasteiger partial charge in [0.25, 0.3) is 0 Å². The molecule has 0 saturated heterocycles. The number of fused-ring (bicyclic) bond motifs is 5. The third-order valence-corrected chi connectivity index (χ3v) is 11.4. The number of benzene rings is 6. The first-order chi connectivity index (χ1) is 25.1. The van der Waals surface area contributed by atoms with Crippen molar-refractivity contribution in [2.24, 2.45) is 0 Å². The summed E-state index contributed by atoms with van der Waals surface area (Å²) in [5.74, 6) is 0. The van der Waals surface area contributed by atoms with Crippen LogP contribution in [0.5, 0.6) is 0 Å². The van der Waals surface area contributed by atoms with Crippen LogP contribution in [0.15, 0.2) is 180 Å². The van der Waals surface area contributed by atoms with Gasteiger partial charge in [-0.05, 0) is 117 Å². The minimum Gasteiger partial charge on any atom is -0.454 e. The van der Waals surface area contributed by atoms with Crippen LogP contribution in [0.2, 0.25) is 0 Å². The van der Waals surface area contributed by atoms with Crippen molar-refractivity contribution in [2.75, 3.05) is 4.90 Å². The highest BCUT2D eigenvalue weighted by Gasteiger charge is 2.58. The molecule has 242 valence electrons. The fourth-order valence-electron chi connectivity index (χ4n) is 9.36. The first-order valence-electron chi connectivity index (χ1n) is 17.6. The summed E-state index contributed by atoms with van der Waals surface area (Å²) >= 11 is 0. The molecule has 0 fully saturated rings. The number of nitrogens with zero attached hydrogens (tertiary/aromatic N) is 1. The zero-order valence-corrected chi connectivity index (χ0v) is 28.7. The third kappa shape index (κ3) is 3.77. The second kappa shape index (κ2) is 10.8. The van der Waals surface area contributed by atoms with E-state index in [1.165, 1.54) is 66.5 Å². The highest BCUT2D eigenvalue weighted by Crippen LogP contribution is 2.69. The van der Waals surface area contributed by atoms with Gasteiger partial charge in [-0.2, -0.15) is 0 Å². The summed E-state index contributed by atoms with van der Waals surface area (Å²) in [6.45, 7) is 12.8.